The molecule has 29 heavy (non-hydrogen) atoms. The molecule has 0 aromatic heterocycles. The molecule has 2 aliphatic heterocycles. The lowest BCUT2D eigenvalue weighted by molar-refractivity contribution is -0.228. The summed E-state index contributed by atoms with van der Waals surface area (Å²) in [5.74, 6) is -1.24. The number of methoxy groups -OCH3 is 2. The summed E-state index contributed by atoms with van der Waals surface area (Å²) >= 11 is 0. The van der Waals surface area contributed by atoms with Gasteiger partial charge in [0.1, 0.15) is 37.1 Å². The van der Waals surface area contributed by atoms with E-state index in [2.05, 4.69) is 9.89 Å². The van der Waals surface area contributed by atoms with Gasteiger partial charge >= 0.3 is 5.97 Å². The third-order valence-electron chi connectivity index (χ3n) is 4.70. The Morgan fingerprint density at radius 2 is 2.03 bits per heavy atom. The Bertz CT molecular complexity index is 594. The molecule has 0 aromatic carbocycles. The summed E-state index contributed by atoms with van der Waals surface area (Å²) in [6, 6.07) is 0. The number of hydrogen-bond acceptors (Lipinski definition) is 10. The predicted octanol–water partition coefficient (Wildman–Crippen LogP) is 0.357. The Balaban J connectivity index is 1.76. The van der Waals surface area contributed by atoms with Crippen molar-refractivity contribution in [3.63, 3.8) is 0 Å². The molecule has 0 aliphatic carbocycles. The fraction of sp³-hybridized carbons (Fsp3) is 0.789. The van der Waals surface area contributed by atoms with Gasteiger partial charge in [0.15, 0.2) is 12.1 Å². The monoisotopic (exact) mass is 417 g/mol. The second-order valence-corrected chi connectivity index (χ2v) is 7.45. The molecule has 0 amide bonds. The molecule has 0 spiro atoms. The molecule has 0 aromatic rings. The van der Waals surface area contributed by atoms with Crippen molar-refractivity contribution >= 4 is 12.2 Å². The number of rotatable bonds is 10. The van der Waals surface area contributed by atoms with Crippen LogP contribution in [0, 0.1) is 5.92 Å². The highest BCUT2D eigenvalue weighted by molar-refractivity contribution is 5.71. The first-order valence-electron chi connectivity index (χ1n) is 9.47. The molecule has 2 N–H and O–H groups in total. The molecule has 7 atom stereocenters. The van der Waals surface area contributed by atoms with Gasteiger partial charge in [-0.2, -0.15) is 0 Å². The first-order valence-corrected chi connectivity index (χ1v) is 9.47. The van der Waals surface area contributed by atoms with Gasteiger partial charge in [-0.15, -0.1) is 0 Å². The summed E-state index contributed by atoms with van der Waals surface area (Å²) in [6.45, 7) is 5.15. The van der Waals surface area contributed by atoms with Crippen LogP contribution in [0.1, 0.15) is 27.2 Å². The number of carbonyl (C=O) groups is 1. The van der Waals surface area contributed by atoms with Gasteiger partial charge in [-0.05, 0) is 13.8 Å². The Labute approximate surface area is 170 Å². The van der Waals surface area contributed by atoms with Gasteiger partial charge in [0.2, 0.25) is 0 Å². The van der Waals surface area contributed by atoms with E-state index >= 15 is 0 Å². The first kappa shape index (κ1) is 23.7. The maximum absolute atomic E-state index is 11.1. The van der Waals surface area contributed by atoms with Crippen molar-refractivity contribution in [3.8, 4) is 0 Å². The Morgan fingerprint density at radius 1 is 1.31 bits per heavy atom. The van der Waals surface area contributed by atoms with E-state index in [1.165, 1.54) is 20.4 Å². The third-order valence-corrected chi connectivity index (χ3v) is 4.70. The summed E-state index contributed by atoms with van der Waals surface area (Å²) in [5.41, 5.74) is 0. The van der Waals surface area contributed by atoms with Crippen molar-refractivity contribution in [2.24, 2.45) is 11.1 Å². The molecule has 10 heteroatoms. The standard InChI is InChI=1S/C19H31NO9/c1-11(7-6-8-14(22)25-5)13(24-4)9-20-26-10-12(21)16-15(23)17-18(27-16)29-19(2,3)28-17/h6-7,9,11-13,15-18,21,23H,8,10H2,1-5H3/b7-6-,20-9-/t11-,12-,13-,15-,16-,17+,18+/m1/s1. The van der Waals surface area contributed by atoms with Gasteiger partial charge < -0.3 is 38.7 Å². The number of fused-ring (bicyclic) bond motifs is 1. The lowest BCUT2D eigenvalue weighted by Gasteiger charge is -2.25. The van der Waals surface area contributed by atoms with Crippen LogP contribution in [-0.4, -0.2) is 85.8 Å². The van der Waals surface area contributed by atoms with Crippen molar-refractivity contribution in [2.75, 3.05) is 20.8 Å². The molecule has 0 unspecified atom stereocenters. The van der Waals surface area contributed by atoms with Crippen LogP contribution < -0.4 is 0 Å². The van der Waals surface area contributed by atoms with Crippen molar-refractivity contribution in [1.29, 1.82) is 0 Å². The number of oxime groups is 1. The number of hydrogen-bond donors (Lipinski definition) is 2. The zero-order chi connectivity index (χ0) is 21.6. The van der Waals surface area contributed by atoms with E-state index in [9.17, 15) is 15.0 Å². The van der Waals surface area contributed by atoms with Crippen LogP contribution >= 0.6 is 0 Å². The van der Waals surface area contributed by atoms with E-state index in [1.54, 1.807) is 19.9 Å². The van der Waals surface area contributed by atoms with Crippen molar-refractivity contribution in [1.82, 2.24) is 0 Å². The van der Waals surface area contributed by atoms with E-state index in [0.29, 0.717) is 0 Å². The molecule has 0 bridgehead atoms. The largest absolute Gasteiger partial charge is 0.469 e. The summed E-state index contributed by atoms with van der Waals surface area (Å²) in [4.78, 5) is 16.2. The lowest BCUT2D eigenvalue weighted by Crippen LogP contribution is -2.42. The normalized spacial score (nSPS) is 31.7. The second-order valence-electron chi connectivity index (χ2n) is 7.45. The summed E-state index contributed by atoms with van der Waals surface area (Å²) in [5, 5.41) is 24.4. The second kappa shape index (κ2) is 10.5. The van der Waals surface area contributed by atoms with E-state index in [4.69, 9.17) is 23.8 Å². The Morgan fingerprint density at radius 3 is 2.66 bits per heavy atom. The molecular formula is C19H31NO9. The van der Waals surface area contributed by atoms with Crippen LogP contribution in [0.4, 0.5) is 0 Å². The average molecular weight is 417 g/mol. The summed E-state index contributed by atoms with van der Waals surface area (Å²) in [7, 11) is 2.86. The topological polar surface area (TPSA) is 125 Å². The van der Waals surface area contributed by atoms with Crippen molar-refractivity contribution in [3.05, 3.63) is 12.2 Å². The molecule has 0 radical (unpaired) electrons. The fourth-order valence-corrected chi connectivity index (χ4v) is 3.13. The smallest absolute Gasteiger partial charge is 0.309 e. The SMILES string of the molecule is COC(=O)C/C=C\[C@@H](C)[C@@H](/C=N\OC[C@@H](O)[C@H]1O[C@H]2OC(C)(C)O[C@H]2[C@@H]1O)OC. The maximum Gasteiger partial charge on any atom is 0.309 e. The third kappa shape index (κ3) is 6.46. The first-order chi connectivity index (χ1) is 13.7. The molecule has 2 heterocycles. The molecule has 0 saturated carbocycles. The molecule has 166 valence electrons. The Kier molecular flexibility index (Phi) is 8.56. The average Bonchev–Trinajstić information content (AvgIpc) is 3.13. The highest BCUT2D eigenvalue weighted by Gasteiger charge is 2.56. The minimum absolute atomic E-state index is 0.0704. The minimum atomic E-state index is -1.12. The number of nitrogens with zero attached hydrogens (tertiary/aromatic N) is 1. The van der Waals surface area contributed by atoms with Crippen LogP contribution in [0.2, 0.25) is 0 Å². The fourth-order valence-electron chi connectivity index (χ4n) is 3.13. The minimum Gasteiger partial charge on any atom is -0.469 e. The van der Waals surface area contributed by atoms with E-state index in [0.717, 1.165) is 0 Å². The molecule has 2 rings (SSSR count). The van der Waals surface area contributed by atoms with Crippen LogP contribution in [0.25, 0.3) is 0 Å². The highest BCUT2D eigenvalue weighted by atomic mass is 16.8. The van der Waals surface area contributed by atoms with Gasteiger partial charge in [0.05, 0.1) is 19.7 Å². The number of esters is 1. The summed E-state index contributed by atoms with van der Waals surface area (Å²) < 4.78 is 26.6. The molecule has 2 fully saturated rings. The van der Waals surface area contributed by atoms with Gasteiger partial charge in [-0.3, -0.25) is 4.79 Å². The maximum atomic E-state index is 11.1. The number of carbonyl (C=O) groups excluding carboxylic acids is 1. The van der Waals surface area contributed by atoms with Crippen LogP contribution in [0.5, 0.6) is 0 Å². The zero-order valence-electron chi connectivity index (χ0n) is 17.4. The number of aliphatic hydroxyl groups is 2. The molecule has 2 saturated heterocycles. The molecule has 10 nitrogen and oxygen atoms in total. The predicted molar refractivity (Wildman–Crippen MR) is 101 cm³/mol. The van der Waals surface area contributed by atoms with E-state index < -0.39 is 42.6 Å². The van der Waals surface area contributed by atoms with Crippen LogP contribution in [-0.2, 0) is 33.3 Å². The van der Waals surface area contributed by atoms with E-state index in [1.807, 2.05) is 13.0 Å². The number of ether oxygens (including phenoxy) is 5. The van der Waals surface area contributed by atoms with Crippen molar-refractivity contribution < 1.29 is 43.5 Å². The Hall–Kier alpha value is -1.56. The number of aliphatic hydroxyl groups excluding tert-OH is 2. The summed E-state index contributed by atoms with van der Waals surface area (Å²) in [6.07, 6.45) is 0.270. The lowest BCUT2D eigenvalue weighted by atomic mass is 10.0. The quantitative estimate of drug-likeness (QED) is 0.224. The van der Waals surface area contributed by atoms with E-state index in [-0.39, 0.29) is 24.9 Å². The van der Waals surface area contributed by atoms with Gasteiger partial charge in [0.25, 0.3) is 0 Å². The highest BCUT2D eigenvalue weighted by Crippen LogP contribution is 2.38. The van der Waals surface area contributed by atoms with Gasteiger partial charge in [-0.1, -0.05) is 24.2 Å². The van der Waals surface area contributed by atoms with Crippen LogP contribution in [0.15, 0.2) is 17.3 Å². The van der Waals surface area contributed by atoms with Crippen molar-refractivity contribution in [2.45, 2.75) is 69.8 Å². The zero-order valence-corrected chi connectivity index (χ0v) is 17.4. The van der Waals surface area contributed by atoms with Crippen LogP contribution in [0.3, 0.4) is 0 Å². The van der Waals surface area contributed by atoms with Gasteiger partial charge in [-0.25, -0.2) is 0 Å². The molecule has 2 aliphatic rings. The molecular weight excluding hydrogens is 386 g/mol. The van der Waals surface area contributed by atoms with Gasteiger partial charge in [0, 0.05) is 13.0 Å².